The first-order valence-electron chi connectivity index (χ1n) is 6.43. The molecule has 2 rings (SSSR count). The van der Waals surface area contributed by atoms with Gasteiger partial charge < -0.3 is 10.6 Å². The van der Waals surface area contributed by atoms with Gasteiger partial charge >= 0.3 is 6.03 Å². The van der Waals surface area contributed by atoms with Crippen molar-refractivity contribution in [2.45, 2.75) is 20.4 Å². The zero-order valence-corrected chi connectivity index (χ0v) is 11.3. The molecule has 3 amide bonds. The maximum absolute atomic E-state index is 12.3. The van der Waals surface area contributed by atoms with Crippen LogP contribution in [0.3, 0.4) is 0 Å². The van der Waals surface area contributed by atoms with Crippen LogP contribution in [0.4, 0.5) is 10.5 Å². The third-order valence-corrected chi connectivity index (χ3v) is 3.03. The van der Waals surface area contributed by atoms with Gasteiger partial charge in [-0.1, -0.05) is 26.0 Å². The van der Waals surface area contributed by atoms with Crippen LogP contribution in [0.5, 0.6) is 0 Å². The number of carbonyl (C=O) groups is 2. The van der Waals surface area contributed by atoms with Crippen LogP contribution in [0, 0.1) is 5.92 Å². The highest BCUT2D eigenvalue weighted by atomic mass is 16.2. The van der Waals surface area contributed by atoms with Gasteiger partial charge in [0, 0.05) is 13.1 Å². The van der Waals surface area contributed by atoms with Gasteiger partial charge in [0.05, 0.1) is 5.69 Å². The lowest BCUT2D eigenvalue weighted by Crippen LogP contribution is -2.34. The average molecular weight is 261 g/mol. The second-order valence-corrected chi connectivity index (χ2v) is 5.16. The summed E-state index contributed by atoms with van der Waals surface area (Å²) < 4.78 is 0. The summed E-state index contributed by atoms with van der Waals surface area (Å²) in [4.78, 5) is 27.1. The molecule has 0 unspecified atom stereocenters. The lowest BCUT2D eigenvalue weighted by Gasteiger charge is -2.19. The number of rotatable bonds is 4. The van der Waals surface area contributed by atoms with E-state index in [2.05, 4.69) is 0 Å². The Morgan fingerprint density at radius 2 is 2.05 bits per heavy atom. The number of benzene rings is 1. The van der Waals surface area contributed by atoms with Crippen LogP contribution < -0.4 is 10.6 Å². The first-order valence-corrected chi connectivity index (χ1v) is 6.43. The molecule has 0 bridgehead atoms. The fraction of sp³-hybridized carbons (Fsp3) is 0.429. The van der Waals surface area contributed by atoms with Crippen LogP contribution in [0.25, 0.3) is 0 Å². The van der Waals surface area contributed by atoms with E-state index in [1.165, 1.54) is 4.90 Å². The van der Waals surface area contributed by atoms with Gasteiger partial charge in [-0.15, -0.1) is 0 Å². The summed E-state index contributed by atoms with van der Waals surface area (Å²) in [6.07, 6.45) is 0. The Morgan fingerprint density at radius 1 is 1.32 bits per heavy atom. The Labute approximate surface area is 113 Å². The topological polar surface area (TPSA) is 66.6 Å². The zero-order chi connectivity index (χ0) is 14.0. The van der Waals surface area contributed by atoms with Gasteiger partial charge in [-0.2, -0.15) is 0 Å². The van der Waals surface area contributed by atoms with Crippen LogP contribution in [-0.2, 0) is 11.3 Å². The highest BCUT2D eigenvalue weighted by Gasteiger charge is 2.37. The van der Waals surface area contributed by atoms with Crippen LogP contribution in [0.15, 0.2) is 24.3 Å². The predicted octanol–water partition coefficient (Wildman–Crippen LogP) is 1.57. The van der Waals surface area contributed by atoms with Crippen LogP contribution in [0.2, 0.25) is 0 Å². The van der Waals surface area contributed by atoms with E-state index in [1.54, 1.807) is 17.0 Å². The number of anilines is 1. The van der Waals surface area contributed by atoms with E-state index in [0.29, 0.717) is 24.7 Å². The summed E-state index contributed by atoms with van der Waals surface area (Å²) in [5.74, 6) is 0.159. The minimum atomic E-state index is -0.243. The molecule has 2 N–H and O–H groups in total. The summed E-state index contributed by atoms with van der Waals surface area (Å²) in [5, 5.41) is 0. The molecular formula is C14H19N3O2. The molecule has 0 aromatic heterocycles. The lowest BCUT2D eigenvalue weighted by molar-refractivity contribution is -0.116. The molecule has 1 heterocycles. The predicted molar refractivity (Wildman–Crippen MR) is 73.6 cm³/mol. The summed E-state index contributed by atoms with van der Waals surface area (Å²) in [7, 11) is 0. The standard InChI is InChI=1S/C14H19N3O2/c1-10(2)8-16-9-13(18)17(14(16)19)12-5-3-4-11(6-12)7-15/h3-6,10H,7-9,15H2,1-2H3. The average Bonchev–Trinajstić information content (AvgIpc) is 2.64. The molecular weight excluding hydrogens is 242 g/mol. The molecule has 1 saturated heterocycles. The van der Waals surface area contributed by atoms with E-state index >= 15 is 0 Å². The number of urea groups is 1. The number of nitrogens with two attached hydrogens (primary N) is 1. The largest absolute Gasteiger partial charge is 0.331 e. The number of imide groups is 1. The third kappa shape index (κ3) is 2.76. The molecule has 1 fully saturated rings. The number of carbonyl (C=O) groups excluding carboxylic acids is 2. The van der Waals surface area contributed by atoms with Crippen molar-refractivity contribution in [1.82, 2.24) is 4.90 Å². The SMILES string of the molecule is CC(C)CN1CC(=O)N(c2cccc(CN)c2)C1=O. The van der Waals surface area contributed by atoms with Crippen molar-refractivity contribution < 1.29 is 9.59 Å². The van der Waals surface area contributed by atoms with Crippen molar-refractivity contribution >= 4 is 17.6 Å². The number of nitrogens with zero attached hydrogens (tertiary/aromatic N) is 2. The second kappa shape index (κ2) is 5.40. The summed E-state index contributed by atoms with van der Waals surface area (Å²) in [6.45, 7) is 5.19. The molecule has 1 aromatic rings. The highest BCUT2D eigenvalue weighted by molar-refractivity contribution is 6.19. The Kier molecular flexibility index (Phi) is 3.85. The van der Waals surface area contributed by atoms with E-state index in [9.17, 15) is 9.59 Å². The Hall–Kier alpha value is -1.88. The highest BCUT2D eigenvalue weighted by Crippen LogP contribution is 2.22. The normalized spacial score (nSPS) is 15.8. The van der Waals surface area contributed by atoms with E-state index < -0.39 is 0 Å². The van der Waals surface area contributed by atoms with Crippen molar-refractivity contribution in [3.8, 4) is 0 Å². The Bertz CT molecular complexity index is 499. The fourth-order valence-corrected chi connectivity index (χ4v) is 2.21. The molecule has 1 aliphatic rings. The summed E-state index contributed by atoms with van der Waals surface area (Å²) >= 11 is 0. The minimum absolute atomic E-state index is 0.157. The number of hydrogen-bond donors (Lipinski definition) is 1. The summed E-state index contributed by atoms with van der Waals surface area (Å²) in [6, 6.07) is 6.99. The molecule has 5 heteroatoms. The molecule has 0 radical (unpaired) electrons. The van der Waals surface area contributed by atoms with Crippen molar-refractivity contribution in [2.24, 2.45) is 11.7 Å². The summed E-state index contributed by atoms with van der Waals surface area (Å²) in [5.41, 5.74) is 7.09. The van der Waals surface area contributed by atoms with Gasteiger partial charge in [-0.25, -0.2) is 9.69 Å². The Morgan fingerprint density at radius 3 is 2.68 bits per heavy atom. The van der Waals surface area contributed by atoms with Gasteiger partial charge in [0.2, 0.25) is 0 Å². The molecule has 0 spiro atoms. The molecule has 1 aliphatic heterocycles. The van der Waals surface area contributed by atoms with Crippen molar-refractivity contribution in [1.29, 1.82) is 0 Å². The van der Waals surface area contributed by atoms with Gasteiger partial charge in [0.25, 0.3) is 5.91 Å². The van der Waals surface area contributed by atoms with Gasteiger partial charge in [0.1, 0.15) is 6.54 Å². The smallest absolute Gasteiger partial charge is 0.326 e. The zero-order valence-electron chi connectivity index (χ0n) is 11.3. The molecule has 0 aliphatic carbocycles. The van der Waals surface area contributed by atoms with Gasteiger partial charge in [-0.3, -0.25) is 4.79 Å². The third-order valence-electron chi connectivity index (χ3n) is 3.03. The fourth-order valence-electron chi connectivity index (χ4n) is 2.21. The molecule has 0 atom stereocenters. The second-order valence-electron chi connectivity index (χ2n) is 5.16. The molecule has 5 nitrogen and oxygen atoms in total. The molecule has 1 aromatic carbocycles. The van der Waals surface area contributed by atoms with E-state index in [-0.39, 0.29) is 18.5 Å². The molecule has 102 valence electrons. The maximum atomic E-state index is 12.3. The van der Waals surface area contributed by atoms with E-state index in [4.69, 9.17) is 5.73 Å². The van der Waals surface area contributed by atoms with Crippen LogP contribution >= 0.6 is 0 Å². The number of amides is 3. The Balaban J connectivity index is 2.24. The number of hydrogen-bond acceptors (Lipinski definition) is 3. The quantitative estimate of drug-likeness (QED) is 0.837. The van der Waals surface area contributed by atoms with E-state index in [0.717, 1.165) is 5.56 Å². The van der Waals surface area contributed by atoms with Crippen molar-refractivity contribution in [3.63, 3.8) is 0 Å². The van der Waals surface area contributed by atoms with Crippen LogP contribution in [0.1, 0.15) is 19.4 Å². The minimum Gasteiger partial charge on any atom is -0.326 e. The molecule has 19 heavy (non-hydrogen) atoms. The van der Waals surface area contributed by atoms with Crippen molar-refractivity contribution in [2.75, 3.05) is 18.0 Å². The van der Waals surface area contributed by atoms with Crippen LogP contribution in [-0.4, -0.2) is 29.9 Å². The monoisotopic (exact) mass is 261 g/mol. The van der Waals surface area contributed by atoms with Gasteiger partial charge in [0.15, 0.2) is 0 Å². The van der Waals surface area contributed by atoms with Crippen molar-refractivity contribution in [3.05, 3.63) is 29.8 Å². The lowest BCUT2D eigenvalue weighted by atomic mass is 10.2. The maximum Gasteiger partial charge on any atom is 0.331 e. The van der Waals surface area contributed by atoms with E-state index in [1.807, 2.05) is 26.0 Å². The molecule has 0 saturated carbocycles. The first-order chi connectivity index (χ1) is 9.02. The van der Waals surface area contributed by atoms with Gasteiger partial charge in [-0.05, 0) is 23.6 Å². The first kappa shape index (κ1) is 13.5.